The number of H-pyrrole nitrogens is 1. The summed E-state index contributed by atoms with van der Waals surface area (Å²) in [7, 11) is -1.48. The summed E-state index contributed by atoms with van der Waals surface area (Å²) in [6.45, 7) is 2.87. The van der Waals surface area contributed by atoms with Gasteiger partial charge in [0, 0.05) is 38.9 Å². The smallest absolute Gasteiger partial charge is 0.408 e. The summed E-state index contributed by atoms with van der Waals surface area (Å²) in [6, 6.07) is 11.8. The molecule has 2 fully saturated rings. The van der Waals surface area contributed by atoms with E-state index in [9.17, 15) is 18.3 Å². The first-order valence-electron chi connectivity index (χ1n) is 14.3. The largest absolute Gasteiger partial charge is 0.465 e. The van der Waals surface area contributed by atoms with Crippen molar-refractivity contribution < 1.29 is 18.3 Å². The zero-order valence-electron chi connectivity index (χ0n) is 23.4. The van der Waals surface area contributed by atoms with Crippen molar-refractivity contribution in [2.24, 2.45) is 5.92 Å². The number of carbonyl (C=O) groups is 1. The molecule has 1 saturated carbocycles. The van der Waals surface area contributed by atoms with Gasteiger partial charge in [-0.2, -0.15) is 4.31 Å². The molecule has 1 aliphatic carbocycles. The number of aromatic amines is 1. The Bertz CT molecular complexity index is 1410. The van der Waals surface area contributed by atoms with Gasteiger partial charge in [-0.1, -0.05) is 37.3 Å². The van der Waals surface area contributed by atoms with Crippen LogP contribution in [0.15, 0.2) is 48.9 Å². The normalized spacial score (nSPS) is 24.1. The minimum absolute atomic E-state index is 0.0881. The molecule has 2 aliphatic rings. The van der Waals surface area contributed by atoms with Gasteiger partial charge >= 0.3 is 6.09 Å². The number of carboxylic acid groups (broad SMARTS) is 1. The third-order valence-electron chi connectivity index (χ3n) is 9.04. The van der Waals surface area contributed by atoms with Gasteiger partial charge in [0.2, 0.25) is 10.0 Å². The molecule has 1 atom stereocenters. The first kappa shape index (κ1) is 28.4. The van der Waals surface area contributed by atoms with Gasteiger partial charge in [0.1, 0.15) is 17.8 Å². The number of rotatable bonds is 9. The summed E-state index contributed by atoms with van der Waals surface area (Å²) in [6.07, 6.45) is 7.76. The number of sulfonamides is 1. The summed E-state index contributed by atoms with van der Waals surface area (Å²) < 4.78 is 29.0. The number of hydrogen-bond acceptors (Lipinski definition) is 6. The second kappa shape index (κ2) is 11.7. The Morgan fingerprint density at radius 3 is 2.60 bits per heavy atom. The minimum atomic E-state index is -3.53. The van der Waals surface area contributed by atoms with Crippen LogP contribution in [-0.4, -0.2) is 81.2 Å². The maximum atomic E-state index is 13.7. The number of piperidine rings is 1. The van der Waals surface area contributed by atoms with Crippen molar-refractivity contribution in [3.63, 3.8) is 0 Å². The van der Waals surface area contributed by atoms with Crippen LogP contribution in [0.3, 0.4) is 0 Å². The van der Waals surface area contributed by atoms with Gasteiger partial charge in [-0.05, 0) is 62.5 Å². The van der Waals surface area contributed by atoms with Crippen LogP contribution < -0.4 is 4.90 Å². The molecule has 0 bridgehead atoms. The van der Waals surface area contributed by atoms with Gasteiger partial charge in [-0.25, -0.2) is 23.2 Å². The van der Waals surface area contributed by atoms with E-state index in [-0.39, 0.29) is 30.8 Å². The molecule has 2 aromatic heterocycles. The van der Waals surface area contributed by atoms with Crippen molar-refractivity contribution in [3.8, 4) is 0 Å². The number of amides is 1. The SMILES string of the molecule is CCC1(N(Cc2ccccc2)C(=O)O)CCCN(S(=O)(=O)C[C@H]2CC[C@H](N(C)c3ncnc4[nH]ccc34)CC2)C1. The molecule has 1 aliphatic heterocycles. The molecule has 1 aromatic carbocycles. The highest BCUT2D eigenvalue weighted by Crippen LogP contribution is 2.36. The van der Waals surface area contributed by atoms with Gasteiger partial charge in [0.05, 0.1) is 16.7 Å². The van der Waals surface area contributed by atoms with Gasteiger partial charge in [0.15, 0.2) is 0 Å². The number of hydrogen-bond donors (Lipinski definition) is 2. The van der Waals surface area contributed by atoms with Crippen molar-refractivity contribution in [2.75, 3.05) is 30.8 Å². The van der Waals surface area contributed by atoms with E-state index < -0.39 is 21.7 Å². The van der Waals surface area contributed by atoms with E-state index in [1.807, 2.05) is 49.5 Å². The quantitative estimate of drug-likeness (QED) is 0.383. The van der Waals surface area contributed by atoms with Crippen LogP contribution >= 0.6 is 0 Å². The van der Waals surface area contributed by atoms with Crippen LogP contribution in [0.25, 0.3) is 11.0 Å². The summed E-state index contributed by atoms with van der Waals surface area (Å²) >= 11 is 0. The van der Waals surface area contributed by atoms with E-state index in [1.165, 1.54) is 4.90 Å². The van der Waals surface area contributed by atoms with Crippen molar-refractivity contribution in [1.29, 1.82) is 0 Å². The molecule has 1 unspecified atom stereocenters. The van der Waals surface area contributed by atoms with Gasteiger partial charge < -0.3 is 15.0 Å². The monoisotopic (exact) mass is 568 g/mol. The molecule has 11 heteroatoms. The topological polar surface area (TPSA) is 123 Å². The van der Waals surface area contributed by atoms with Crippen LogP contribution in [0.1, 0.15) is 57.4 Å². The van der Waals surface area contributed by atoms with E-state index in [0.717, 1.165) is 48.1 Å². The number of nitrogens with zero attached hydrogens (tertiary/aromatic N) is 5. The lowest BCUT2D eigenvalue weighted by Gasteiger charge is -2.48. The lowest BCUT2D eigenvalue weighted by Crippen LogP contribution is -2.60. The third kappa shape index (κ3) is 5.81. The Labute approximate surface area is 236 Å². The molecule has 0 spiro atoms. The maximum absolute atomic E-state index is 13.7. The van der Waals surface area contributed by atoms with Crippen molar-refractivity contribution in [3.05, 3.63) is 54.5 Å². The average molecular weight is 569 g/mol. The molecule has 216 valence electrons. The standard InChI is InChI=1S/C29H40N6O4S/c1-3-29(35(28(36)37)18-22-8-5-4-6-9-22)15-7-17-34(20-29)40(38,39)19-23-10-12-24(13-11-23)33(2)27-25-14-16-30-26(25)31-21-32-27/h4-6,8-9,14,16,21,23-24H,3,7,10-13,15,17-20H2,1-2H3,(H,36,37)(H,30,31,32)/t23-,24-,29?. The lowest BCUT2D eigenvalue weighted by molar-refractivity contribution is 0.0307. The molecule has 1 saturated heterocycles. The first-order valence-corrected chi connectivity index (χ1v) is 15.9. The van der Waals surface area contributed by atoms with E-state index in [4.69, 9.17) is 0 Å². The Hall–Kier alpha value is -3.18. The lowest BCUT2D eigenvalue weighted by atomic mass is 9.85. The third-order valence-corrected chi connectivity index (χ3v) is 11.0. The zero-order valence-corrected chi connectivity index (χ0v) is 24.2. The number of fused-ring (bicyclic) bond motifs is 1. The molecule has 3 heterocycles. The molecule has 5 rings (SSSR count). The zero-order chi connectivity index (χ0) is 28.3. The highest BCUT2D eigenvalue weighted by atomic mass is 32.2. The van der Waals surface area contributed by atoms with Crippen LogP contribution in [0, 0.1) is 5.92 Å². The fraction of sp³-hybridized carbons (Fsp3) is 0.552. The van der Waals surface area contributed by atoms with Crippen LogP contribution in [0.4, 0.5) is 10.6 Å². The van der Waals surface area contributed by atoms with Crippen molar-refractivity contribution >= 4 is 33.0 Å². The van der Waals surface area contributed by atoms with Gasteiger partial charge in [0.25, 0.3) is 0 Å². The minimum Gasteiger partial charge on any atom is -0.465 e. The highest BCUT2D eigenvalue weighted by molar-refractivity contribution is 7.89. The number of aromatic nitrogens is 3. The van der Waals surface area contributed by atoms with E-state index in [0.29, 0.717) is 25.8 Å². The van der Waals surface area contributed by atoms with Crippen LogP contribution in [-0.2, 0) is 16.6 Å². The number of benzene rings is 1. The predicted molar refractivity (Wildman–Crippen MR) is 156 cm³/mol. The van der Waals surface area contributed by atoms with Gasteiger partial charge in [-0.15, -0.1) is 0 Å². The first-order chi connectivity index (χ1) is 19.2. The molecule has 40 heavy (non-hydrogen) atoms. The molecule has 1 amide bonds. The van der Waals surface area contributed by atoms with E-state index in [2.05, 4.69) is 26.9 Å². The maximum Gasteiger partial charge on any atom is 0.408 e. The molecule has 2 N–H and O–H groups in total. The summed E-state index contributed by atoms with van der Waals surface area (Å²) in [5.74, 6) is 1.10. The molecular formula is C29H40N6O4S. The van der Waals surface area contributed by atoms with E-state index >= 15 is 0 Å². The molecule has 10 nitrogen and oxygen atoms in total. The van der Waals surface area contributed by atoms with Gasteiger partial charge in [-0.3, -0.25) is 4.90 Å². The van der Waals surface area contributed by atoms with Crippen molar-refractivity contribution in [1.82, 2.24) is 24.2 Å². The highest BCUT2D eigenvalue weighted by Gasteiger charge is 2.45. The second-order valence-electron chi connectivity index (χ2n) is 11.4. The fourth-order valence-electron chi connectivity index (χ4n) is 6.63. The summed E-state index contributed by atoms with van der Waals surface area (Å²) in [5, 5.41) is 11.2. The molecule has 3 aromatic rings. The van der Waals surface area contributed by atoms with Crippen LogP contribution in [0.5, 0.6) is 0 Å². The number of nitrogens with one attached hydrogen (secondary N) is 1. The predicted octanol–water partition coefficient (Wildman–Crippen LogP) is 4.71. The summed E-state index contributed by atoms with van der Waals surface area (Å²) in [4.78, 5) is 28.0. The fourth-order valence-corrected chi connectivity index (χ4v) is 8.61. The summed E-state index contributed by atoms with van der Waals surface area (Å²) in [5.41, 5.74) is 0.972. The Kier molecular flexibility index (Phi) is 8.32. The van der Waals surface area contributed by atoms with Crippen molar-refractivity contribution in [2.45, 2.75) is 70.0 Å². The average Bonchev–Trinajstić information content (AvgIpc) is 3.45. The Morgan fingerprint density at radius 1 is 1.15 bits per heavy atom. The Morgan fingerprint density at radius 2 is 1.90 bits per heavy atom. The second-order valence-corrected chi connectivity index (χ2v) is 13.4. The number of anilines is 1. The Balaban J connectivity index is 1.23. The molecule has 0 radical (unpaired) electrons. The molecular weight excluding hydrogens is 528 g/mol. The van der Waals surface area contributed by atoms with E-state index in [1.54, 1.807) is 10.6 Å². The van der Waals surface area contributed by atoms with Crippen LogP contribution in [0.2, 0.25) is 0 Å².